The van der Waals surface area contributed by atoms with Gasteiger partial charge in [0.25, 0.3) is 0 Å². The molecule has 1 aliphatic rings. The number of amides is 1. The maximum atomic E-state index is 11.5. The highest BCUT2D eigenvalue weighted by atomic mass is 32.2. The van der Waals surface area contributed by atoms with Crippen molar-refractivity contribution in [1.82, 2.24) is 5.32 Å². The van der Waals surface area contributed by atoms with Crippen molar-refractivity contribution in [1.29, 1.82) is 0 Å². The first-order chi connectivity index (χ1) is 9.19. The lowest BCUT2D eigenvalue weighted by Crippen LogP contribution is -2.27. The fourth-order valence-corrected chi connectivity index (χ4v) is 2.41. The highest BCUT2D eigenvalue weighted by Gasteiger charge is 2.22. The summed E-state index contributed by atoms with van der Waals surface area (Å²) in [7, 11) is 1.37. The van der Waals surface area contributed by atoms with Crippen molar-refractivity contribution in [2.75, 3.05) is 12.9 Å². The number of nitrogens with one attached hydrogen (secondary N) is 1. The molecule has 0 atom stereocenters. The molecule has 0 aliphatic heterocycles. The average Bonchev–Trinajstić information content (AvgIpc) is 3.22. The Morgan fingerprint density at radius 3 is 2.58 bits per heavy atom. The molecule has 1 amide bonds. The van der Waals surface area contributed by atoms with E-state index in [0.29, 0.717) is 17.4 Å². The molecule has 1 aromatic rings. The second-order valence-electron chi connectivity index (χ2n) is 4.52. The number of thioether (sulfide) groups is 1. The quantitative estimate of drug-likeness (QED) is 0.809. The highest BCUT2D eigenvalue weighted by Crippen LogP contribution is 2.19. The van der Waals surface area contributed by atoms with Gasteiger partial charge in [0.05, 0.1) is 18.4 Å². The molecule has 0 heterocycles. The van der Waals surface area contributed by atoms with Gasteiger partial charge in [0.1, 0.15) is 0 Å². The summed E-state index contributed by atoms with van der Waals surface area (Å²) in [5, 5.41) is 2.95. The molecule has 1 saturated carbocycles. The summed E-state index contributed by atoms with van der Waals surface area (Å²) in [6.07, 6.45) is 2.23. The summed E-state index contributed by atoms with van der Waals surface area (Å²) < 4.78 is 4.63. The molecule has 0 spiro atoms. The summed E-state index contributed by atoms with van der Waals surface area (Å²) >= 11 is 1.58. The predicted octanol–water partition coefficient (Wildman–Crippen LogP) is 1.98. The van der Waals surface area contributed by atoms with Crippen LogP contribution in [0.1, 0.15) is 28.8 Å². The van der Waals surface area contributed by atoms with Crippen molar-refractivity contribution >= 4 is 23.6 Å². The van der Waals surface area contributed by atoms with Crippen LogP contribution in [-0.2, 0) is 15.3 Å². The standard InChI is InChI=1S/C14H17NO3S/c1-18-14(17)11-4-2-10(3-5-11)8-19-9-13(16)15-12-6-7-12/h2-5,12H,6-9H2,1H3,(H,15,16). The molecule has 0 saturated heterocycles. The van der Waals surface area contributed by atoms with Crippen LogP contribution < -0.4 is 5.32 Å². The van der Waals surface area contributed by atoms with Crippen LogP contribution in [0.3, 0.4) is 0 Å². The summed E-state index contributed by atoms with van der Waals surface area (Å²) in [5.41, 5.74) is 1.64. The zero-order valence-corrected chi connectivity index (χ0v) is 11.7. The lowest BCUT2D eigenvalue weighted by Gasteiger charge is -2.04. The molecule has 0 aromatic heterocycles. The number of benzene rings is 1. The van der Waals surface area contributed by atoms with Crippen LogP contribution in [0.5, 0.6) is 0 Å². The van der Waals surface area contributed by atoms with Gasteiger partial charge in [-0.1, -0.05) is 12.1 Å². The summed E-state index contributed by atoms with van der Waals surface area (Å²) in [6, 6.07) is 7.68. The van der Waals surface area contributed by atoms with Gasteiger partial charge in [-0.15, -0.1) is 11.8 Å². The number of methoxy groups -OCH3 is 1. The number of carbonyl (C=O) groups is 2. The fourth-order valence-electron chi connectivity index (χ4n) is 1.61. The van der Waals surface area contributed by atoms with Crippen LogP contribution >= 0.6 is 11.8 Å². The Kier molecular flexibility index (Phi) is 4.85. The maximum Gasteiger partial charge on any atom is 0.337 e. The first kappa shape index (κ1) is 13.9. The predicted molar refractivity (Wildman–Crippen MR) is 75.1 cm³/mol. The Labute approximate surface area is 116 Å². The molecular formula is C14H17NO3S. The Bertz CT molecular complexity index is 454. The Morgan fingerprint density at radius 2 is 2.00 bits per heavy atom. The third kappa shape index (κ3) is 4.59. The topological polar surface area (TPSA) is 55.4 Å². The molecule has 19 heavy (non-hydrogen) atoms. The smallest absolute Gasteiger partial charge is 0.337 e. The first-order valence-corrected chi connectivity index (χ1v) is 7.39. The van der Waals surface area contributed by atoms with Gasteiger partial charge in [0.2, 0.25) is 5.91 Å². The number of ether oxygens (including phenoxy) is 1. The number of hydrogen-bond acceptors (Lipinski definition) is 4. The van der Waals surface area contributed by atoms with Crippen molar-refractivity contribution < 1.29 is 14.3 Å². The molecule has 0 unspecified atom stereocenters. The van der Waals surface area contributed by atoms with E-state index in [1.54, 1.807) is 23.9 Å². The van der Waals surface area contributed by atoms with Crippen molar-refractivity contribution in [2.24, 2.45) is 0 Å². The van der Waals surface area contributed by atoms with Crippen LogP contribution in [0.25, 0.3) is 0 Å². The van der Waals surface area contributed by atoms with E-state index in [0.717, 1.165) is 24.2 Å². The van der Waals surface area contributed by atoms with E-state index in [-0.39, 0.29) is 11.9 Å². The Hall–Kier alpha value is -1.49. The second-order valence-corrected chi connectivity index (χ2v) is 5.51. The van der Waals surface area contributed by atoms with Gasteiger partial charge in [0.15, 0.2) is 0 Å². The molecule has 2 rings (SSSR count). The molecule has 1 N–H and O–H groups in total. The SMILES string of the molecule is COC(=O)c1ccc(CSCC(=O)NC2CC2)cc1. The van der Waals surface area contributed by atoms with Crippen molar-refractivity contribution in [3.05, 3.63) is 35.4 Å². The molecule has 4 nitrogen and oxygen atoms in total. The molecule has 1 fully saturated rings. The maximum absolute atomic E-state index is 11.5. The fraction of sp³-hybridized carbons (Fsp3) is 0.429. The van der Waals surface area contributed by atoms with Gasteiger partial charge >= 0.3 is 5.97 Å². The van der Waals surface area contributed by atoms with Gasteiger partial charge in [-0.3, -0.25) is 4.79 Å². The summed E-state index contributed by atoms with van der Waals surface area (Å²) in [6.45, 7) is 0. The lowest BCUT2D eigenvalue weighted by atomic mass is 10.1. The van der Waals surface area contributed by atoms with Crippen LogP contribution in [0, 0.1) is 0 Å². The van der Waals surface area contributed by atoms with Crippen molar-refractivity contribution in [3.8, 4) is 0 Å². The molecule has 1 aliphatic carbocycles. The van der Waals surface area contributed by atoms with E-state index in [4.69, 9.17) is 0 Å². The van der Waals surface area contributed by atoms with Crippen LogP contribution in [0.2, 0.25) is 0 Å². The van der Waals surface area contributed by atoms with E-state index < -0.39 is 0 Å². The summed E-state index contributed by atoms with van der Waals surface area (Å²) in [4.78, 5) is 22.7. The van der Waals surface area contributed by atoms with Gasteiger partial charge in [-0.25, -0.2) is 4.79 Å². The molecule has 102 valence electrons. The monoisotopic (exact) mass is 279 g/mol. The average molecular weight is 279 g/mol. The van der Waals surface area contributed by atoms with Crippen LogP contribution in [0.4, 0.5) is 0 Å². The number of esters is 1. The molecule has 5 heteroatoms. The largest absolute Gasteiger partial charge is 0.465 e. The van der Waals surface area contributed by atoms with Crippen molar-refractivity contribution in [3.63, 3.8) is 0 Å². The van der Waals surface area contributed by atoms with E-state index in [2.05, 4.69) is 10.1 Å². The minimum atomic E-state index is -0.331. The minimum Gasteiger partial charge on any atom is -0.465 e. The lowest BCUT2D eigenvalue weighted by molar-refractivity contribution is -0.118. The number of hydrogen-bond donors (Lipinski definition) is 1. The van der Waals surface area contributed by atoms with Gasteiger partial charge < -0.3 is 10.1 Å². The Balaban J connectivity index is 1.73. The Morgan fingerprint density at radius 1 is 1.32 bits per heavy atom. The normalized spacial score (nSPS) is 13.9. The van der Waals surface area contributed by atoms with Gasteiger partial charge in [-0.2, -0.15) is 0 Å². The summed E-state index contributed by atoms with van der Waals surface area (Å²) in [5.74, 6) is 1.02. The minimum absolute atomic E-state index is 0.110. The van der Waals surface area contributed by atoms with E-state index in [1.807, 2.05) is 12.1 Å². The molecule has 0 bridgehead atoms. The number of carbonyl (C=O) groups excluding carboxylic acids is 2. The third-order valence-corrected chi connectivity index (χ3v) is 3.82. The molecule has 0 radical (unpaired) electrons. The molecule has 1 aromatic carbocycles. The van der Waals surface area contributed by atoms with Crippen LogP contribution in [0.15, 0.2) is 24.3 Å². The van der Waals surface area contributed by atoms with Gasteiger partial charge in [-0.05, 0) is 30.5 Å². The first-order valence-electron chi connectivity index (χ1n) is 6.23. The number of rotatable bonds is 6. The van der Waals surface area contributed by atoms with E-state index in [1.165, 1.54) is 7.11 Å². The third-order valence-electron chi connectivity index (χ3n) is 2.82. The zero-order chi connectivity index (χ0) is 13.7. The highest BCUT2D eigenvalue weighted by molar-refractivity contribution is 7.99. The second kappa shape index (κ2) is 6.61. The molecular weight excluding hydrogens is 262 g/mol. The van der Waals surface area contributed by atoms with E-state index in [9.17, 15) is 9.59 Å². The van der Waals surface area contributed by atoms with E-state index >= 15 is 0 Å². The van der Waals surface area contributed by atoms with Crippen LogP contribution in [-0.4, -0.2) is 30.8 Å². The zero-order valence-electron chi connectivity index (χ0n) is 10.8. The van der Waals surface area contributed by atoms with Crippen molar-refractivity contribution in [2.45, 2.75) is 24.6 Å². The van der Waals surface area contributed by atoms with Gasteiger partial charge in [0, 0.05) is 11.8 Å².